The van der Waals surface area contributed by atoms with Crippen molar-refractivity contribution in [3.05, 3.63) is 40.1 Å². The number of benzene rings is 1. The Kier molecular flexibility index (Phi) is 4.57. The van der Waals surface area contributed by atoms with Crippen molar-refractivity contribution in [1.29, 1.82) is 0 Å². The second kappa shape index (κ2) is 6.19. The van der Waals surface area contributed by atoms with Crippen LogP contribution in [0.3, 0.4) is 0 Å². The van der Waals surface area contributed by atoms with Crippen molar-refractivity contribution in [3.8, 4) is 0 Å². The predicted octanol–water partition coefficient (Wildman–Crippen LogP) is 3.68. The fourth-order valence-corrected chi connectivity index (χ4v) is 2.40. The minimum Gasteiger partial charge on any atom is -0.374 e. The number of hydrogen-bond acceptors (Lipinski definition) is 4. The molecule has 0 radical (unpaired) electrons. The van der Waals surface area contributed by atoms with Gasteiger partial charge in [-0.2, -0.15) is 0 Å². The Bertz CT molecular complexity index is 632. The zero-order valence-electron chi connectivity index (χ0n) is 10.9. The molecule has 0 aliphatic rings. The van der Waals surface area contributed by atoms with Gasteiger partial charge in [0.2, 0.25) is 5.91 Å². The van der Waals surface area contributed by atoms with Crippen LogP contribution < -0.4 is 10.6 Å². The molecule has 2 N–H and O–H groups in total. The summed E-state index contributed by atoms with van der Waals surface area (Å²) in [6.45, 7) is 3.56. The van der Waals surface area contributed by atoms with Crippen molar-refractivity contribution in [1.82, 2.24) is 4.98 Å². The Hall–Kier alpha value is -1.66. The van der Waals surface area contributed by atoms with E-state index in [4.69, 9.17) is 11.6 Å². The third-order valence-corrected chi connectivity index (χ3v) is 3.71. The Balaban J connectivity index is 1.98. The summed E-state index contributed by atoms with van der Waals surface area (Å²) in [5.41, 5.74) is 1.44. The molecule has 1 amide bonds. The summed E-state index contributed by atoms with van der Waals surface area (Å²) < 4.78 is 13.0. The molecule has 7 heteroatoms. The minimum absolute atomic E-state index is 0.0122. The molecule has 0 saturated heterocycles. The average molecular weight is 314 g/mol. The first-order valence-corrected chi connectivity index (χ1v) is 7.16. The molecule has 1 aromatic carbocycles. The third-order valence-electron chi connectivity index (χ3n) is 2.55. The van der Waals surface area contributed by atoms with Gasteiger partial charge in [0, 0.05) is 11.1 Å². The van der Waals surface area contributed by atoms with E-state index in [1.54, 1.807) is 6.92 Å². The van der Waals surface area contributed by atoms with Gasteiger partial charge in [-0.15, -0.1) is 11.3 Å². The number of halogens is 2. The van der Waals surface area contributed by atoms with E-state index in [2.05, 4.69) is 15.6 Å². The smallest absolute Gasteiger partial charge is 0.248 e. The number of nitrogens with zero attached hydrogens (tertiary/aromatic N) is 1. The van der Waals surface area contributed by atoms with Crippen molar-refractivity contribution >= 4 is 39.7 Å². The van der Waals surface area contributed by atoms with Gasteiger partial charge in [-0.1, -0.05) is 11.6 Å². The molecule has 2 aromatic rings. The van der Waals surface area contributed by atoms with Crippen LogP contribution in [0.15, 0.2) is 23.6 Å². The highest BCUT2D eigenvalue weighted by molar-refractivity contribution is 7.13. The summed E-state index contributed by atoms with van der Waals surface area (Å²) in [5, 5.41) is 8.08. The summed E-state index contributed by atoms with van der Waals surface area (Å²) in [7, 11) is 0. The maximum Gasteiger partial charge on any atom is 0.248 e. The molecule has 0 aliphatic carbocycles. The molecule has 20 heavy (non-hydrogen) atoms. The monoisotopic (exact) mass is 313 g/mol. The van der Waals surface area contributed by atoms with Gasteiger partial charge in [-0.05, 0) is 32.0 Å². The molecule has 0 unspecified atom stereocenters. The number of thiazole rings is 1. The van der Waals surface area contributed by atoms with E-state index >= 15 is 0 Å². The fourth-order valence-electron chi connectivity index (χ4n) is 1.53. The van der Waals surface area contributed by atoms with Gasteiger partial charge in [0.25, 0.3) is 0 Å². The van der Waals surface area contributed by atoms with E-state index in [9.17, 15) is 9.18 Å². The molecule has 1 atom stereocenters. The van der Waals surface area contributed by atoms with Gasteiger partial charge in [0.15, 0.2) is 5.13 Å². The lowest BCUT2D eigenvalue weighted by Crippen LogP contribution is -2.31. The molecule has 0 spiro atoms. The highest BCUT2D eigenvalue weighted by Crippen LogP contribution is 2.20. The maximum absolute atomic E-state index is 13.0. The molecule has 4 nitrogen and oxygen atoms in total. The topological polar surface area (TPSA) is 54.0 Å². The van der Waals surface area contributed by atoms with Crippen LogP contribution in [0, 0.1) is 12.7 Å². The van der Waals surface area contributed by atoms with E-state index in [0.29, 0.717) is 10.8 Å². The molecule has 0 saturated carbocycles. The highest BCUT2D eigenvalue weighted by atomic mass is 35.5. The van der Waals surface area contributed by atoms with E-state index in [1.807, 2.05) is 12.3 Å². The Morgan fingerprint density at radius 3 is 2.85 bits per heavy atom. The van der Waals surface area contributed by atoms with Gasteiger partial charge < -0.3 is 10.6 Å². The molecule has 1 heterocycles. The molecule has 0 fully saturated rings. The first-order chi connectivity index (χ1) is 9.45. The summed E-state index contributed by atoms with van der Waals surface area (Å²) in [6, 6.07) is 3.72. The SMILES string of the molecule is Cc1csc(NC(=O)[C@@H](C)Nc2ccc(F)c(Cl)c2)n1. The number of aromatic nitrogens is 1. The van der Waals surface area contributed by atoms with Crippen molar-refractivity contribution in [2.75, 3.05) is 10.6 Å². The summed E-state index contributed by atoms with van der Waals surface area (Å²) in [6.07, 6.45) is 0. The van der Waals surface area contributed by atoms with Crippen LogP contribution in [0.1, 0.15) is 12.6 Å². The number of carbonyl (C=O) groups excluding carboxylic acids is 1. The minimum atomic E-state index is -0.499. The number of carbonyl (C=O) groups is 1. The number of aryl methyl sites for hydroxylation is 1. The standard InChI is InChI=1S/C13H13ClFN3OS/c1-7-6-20-13(16-7)18-12(19)8(2)17-9-3-4-11(15)10(14)5-9/h3-6,8,17H,1-2H3,(H,16,18,19)/t8-/m1/s1. The van der Waals surface area contributed by atoms with Crippen molar-refractivity contribution in [2.24, 2.45) is 0 Å². The van der Waals surface area contributed by atoms with Gasteiger partial charge in [0.1, 0.15) is 11.9 Å². The van der Waals surface area contributed by atoms with Crippen LogP contribution >= 0.6 is 22.9 Å². The van der Waals surface area contributed by atoms with Gasteiger partial charge in [-0.25, -0.2) is 9.37 Å². The lowest BCUT2D eigenvalue weighted by Gasteiger charge is -2.14. The highest BCUT2D eigenvalue weighted by Gasteiger charge is 2.14. The molecule has 0 aliphatic heterocycles. The Labute approximate surface area is 125 Å². The number of hydrogen-bond donors (Lipinski definition) is 2. The van der Waals surface area contributed by atoms with Crippen LogP contribution in [-0.2, 0) is 4.79 Å². The van der Waals surface area contributed by atoms with Gasteiger partial charge >= 0.3 is 0 Å². The number of nitrogens with one attached hydrogen (secondary N) is 2. The molecular weight excluding hydrogens is 301 g/mol. The summed E-state index contributed by atoms with van der Waals surface area (Å²) >= 11 is 7.05. The number of anilines is 2. The maximum atomic E-state index is 13.0. The quantitative estimate of drug-likeness (QED) is 0.905. The van der Waals surface area contributed by atoms with Gasteiger partial charge in [0.05, 0.1) is 10.7 Å². The van der Waals surface area contributed by atoms with E-state index < -0.39 is 11.9 Å². The van der Waals surface area contributed by atoms with Crippen LogP contribution in [0.4, 0.5) is 15.2 Å². The zero-order chi connectivity index (χ0) is 14.7. The van der Waals surface area contributed by atoms with Crippen LogP contribution in [0.25, 0.3) is 0 Å². The molecule has 0 bridgehead atoms. The fraction of sp³-hybridized carbons (Fsp3) is 0.231. The summed E-state index contributed by atoms with van der Waals surface area (Å²) in [4.78, 5) is 16.1. The van der Waals surface area contributed by atoms with Crippen LogP contribution in [-0.4, -0.2) is 16.9 Å². The molecule has 2 rings (SSSR count). The molecule has 1 aromatic heterocycles. The van der Waals surface area contributed by atoms with E-state index in [0.717, 1.165) is 5.69 Å². The van der Waals surface area contributed by atoms with Crippen molar-refractivity contribution in [2.45, 2.75) is 19.9 Å². The first-order valence-electron chi connectivity index (χ1n) is 5.90. The van der Waals surface area contributed by atoms with E-state index in [1.165, 1.54) is 29.5 Å². The zero-order valence-corrected chi connectivity index (χ0v) is 12.5. The Morgan fingerprint density at radius 2 is 2.25 bits per heavy atom. The third kappa shape index (κ3) is 3.68. The largest absolute Gasteiger partial charge is 0.374 e. The first kappa shape index (κ1) is 14.7. The summed E-state index contributed by atoms with van der Waals surface area (Å²) in [5.74, 6) is -0.715. The lowest BCUT2D eigenvalue weighted by atomic mass is 10.2. The van der Waals surface area contributed by atoms with Crippen LogP contribution in [0.2, 0.25) is 5.02 Å². The average Bonchev–Trinajstić information content (AvgIpc) is 2.79. The number of rotatable bonds is 4. The second-order valence-electron chi connectivity index (χ2n) is 4.28. The Morgan fingerprint density at radius 1 is 1.50 bits per heavy atom. The second-order valence-corrected chi connectivity index (χ2v) is 5.54. The normalized spacial score (nSPS) is 12.0. The molecule has 106 valence electrons. The molecular formula is C13H13ClFN3OS. The predicted molar refractivity (Wildman–Crippen MR) is 80.0 cm³/mol. The van der Waals surface area contributed by atoms with Crippen molar-refractivity contribution in [3.63, 3.8) is 0 Å². The van der Waals surface area contributed by atoms with Crippen molar-refractivity contribution < 1.29 is 9.18 Å². The van der Waals surface area contributed by atoms with Gasteiger partial charge in [-0.3, -0.25) is 4.79 Å². The van der Waals surface area contributed by atoms with E-state index in [-0.39, 0.29) is 10.9 Å². The van der Waals surface area contributed by atoms with Crippen LogP contribution in [0.5, 0.6) is 0 Å². The number of amides is 1. The lowest BCUT2D eigenvalue weighted by molar-refractivity contribution is -0.116.